The molecular formula is C14H21N3O3S. The number of fused-ring (bicyclic) bond motifs is 1. The average molecular weight is 311 g/mol. The summed E-state index contributed by atoms with van der Waals surface area (Å²) in [6, 6.07) is 5.86. The first-order valence-corrected chi connectivity index (χ1v) is 7.82. The molecule has 116 valence electrons. The highest BCUT2D eigenvalue weighted by molar-refractivity contribution is 7.99. The summed E-state index contributed by atoms with van der Waals surface area (Å²) in [6.45, 7) is 1.86. The highest BCUT2D eigenvalue weighted by atomic mass is 32.2. The number of ether oxygens (including phenoxy) is 1. The predicted molar refractivity (Wildman–Crippen MR) is 82.6 cm³/mol. The maximum absolute atomic E-state index is 9.49. The van der Waals surface area contributed by atoms with E-state index in [9.17, 15) is 5.11 Å². The maximum Gasteiger partial charge on any atom is 0.138 e. The third-order valence-corrected chi connectivity index (χ3v) is 4.14. The van der Waals surface area contributed by atoms with E-state index in [0.717, 1.165) is 22.9 Å². The van der Waals surface area contributed by atoms with Crippen LogP contribution in [0.5, 0.6) is 0 Å². The number of thioether (sulfide) groups is 1. The van der Waals surface area contributed by atoms with Crippen LogP contribution in [0.2, 0.25) is 0 Å². The number of nitrogens with zero attached hydrogens (tertiary/aromatic N) is 2. The van der Waals surface area contributed by atoms with Crippen molar-refractivity contribution in [3.63, 3.8) is 0 Å². The average Bonchev–Trinajstić information content (AvgIpc) is 2.87. The molecular weight excluding hydrogens is 290 g/mol. The molecule has 2 aromatic heterocycles. The molecule has 3 N–H and O–H groups in total. The van der Waals surface area contributed by atoms with E-state index >= 15 is 0 Å². The van der Waals surface area contributed by atoms with Crippen molar-refractivity contribution >= 4 is 17.4 Å². The van der Waals surface area contributed by atoms with E-state index in [1.807, 2.05) is 28.8 Å². The topological polar surface area (TPSA) is 79.0 Å². The first kappa shape index (κ1) is 16.3. The number of nitrogens with one attached hydrogen (secondary N) is 1. The van der Waals surface area contributed by atoms with E-state index in [0.29, 0.717) is 18.9 Å². The van der Waals surface area contributed by atoms with Crippen molar-refractivity contribution in [1.29, 1.82) is 0 Å². The Hall–Kier alpha value is -1.12. The van der Waals surface area contributed by atoms with E-state index < -0.39 is 6.10 Å². The van der Waals surface area contributed by atoms with Gasteiger partial charge in [0.1, 0.15) is 10.7 Å². The first-order valence-electron chi connectivity index (χ1n) is 6.83. The lowest BCUT2D eigenvalue weighted by Crippen LogP contribution is -2.20. The fourth-order valence-corrected chi connectivity index (χ4v) is 2.86. The molecule has 0 fully saturated rings. The van der Waals surface area contributed by atoms with Gasteiger partial charge in [-0.25, -0.2) is 4.98 Å². The minimum atomic E-state index is -0.728. The van der Waals surface area contributed by atoms with E-state index in [2.05, 4.69) is 10.3 Å². The Morgan fingerprint density at radius 1 is 1.48 bits per heavy atom. The Balaban J connectivity index is 2.13. The molecule has 2 heterocycles. The number of imidazole rings is 1. The summed E-state index contributed by atoms with van der Waals surface area (Å²) in [4.78, 5) is 4.58. The molecule has 6 nitrogen and oxygen atoms in total. The van der Waals surface area contributed by atoms with Gasteiger partial charge in [-0.2, -0.15) is 0 Å². The Kier molecular flexibility index (Phi) is 6.47. The van der Waals surface area contributed by atoms with Crippen LogP contribution >= 0.6 is 11.8 Å². The van der Waals surface area contributed by atoms with Crippen LogP contribution in [0.3, 0.4) is 0 Å². The molecule has 0 aliphatic rings. The summed E-state index contributed by atoms with van der Waals surface area (Å²) in [6.07, 6.45) is 1.25. The lowest BCUT2D eigenvalue weighted by Gasteiger charge is -2.08. The highest BCUT2D eigenvalue weighted by Gasteiger charge is 2.13. The monoisotopic (exact) mass is 311 g/mol. The van der Waals surface area contributed by atoms with Gasteiger partial charge in [-0.1, -0.05) is 6.07 Å². The van der Waals surface area contributed by atoms with Gasteiger partial charge in [0, 0.05) is 32.1 Å². The van der Waals surface area contributed by atoms with E-state index in [-0.39, 0.29) is 6.61 Å². The number of aliphatic hydroxyl groups excluding tert-OH is 2. The van der Waals surface area contributed by atoms with Crippen molar-refractivity contribution in [2.45, 2.75) is 17.7 Å². The van der Waals surface area contributed by atoms with Crippen LogP contribution in [0.15, 0.2) is 29.4 Å². The summed E-state index contributed by atoms with van der Waals surface area (Å²) in [5.74, 6) is 0.422. The van der Waals surface area contributed by atoms with Crippen molar-refractivity contribution in [2.24, 2.45) is 0 Å². The number of hydrogen-bond acceptors (Lipinski definition) is 6. The molecule has 1 atom stereocenters. The van der Waals surface area contributed by atoms with Gasteiger partial charge in [-0.15, -0.1) is 11.8 Å². The highest BCUT2D eigenvalue weighted by Crippen LogP contribution is 2.24. The van der Waals surface area contributed by atoms with Crippen molar-refractivity contribution in [3.8, 4) is 0 Å². The van der Waals surface area contributed by atoms with Crippen LogP contribution in [0, 0.1) is 0 Å². The molecule has 0 spiro atoms. The minimum Gasteiger partial charge on any atom is -0.394 e. The standard InChI is InChI=1S/C14H21N3O3S/c1-20-7-5-15-8-12-14(21-10-11(19)9-18)16-13-4-2-3-6-17(12)13/h2-4,6,11,15,18-19H,5,7-10H2,1H3. The molecule has 21 heavy (non-hydrogen) atoms. The zero-order chi connectivity index (χ0) is 15.1. The number of methoxy groups -OCH3 is 1. The summed E-state index contributed by atoms with van der Waals surface area (Å²) in [7, 11) is 1.67. The van der Waals surface area contributed by atoms with Gasteiger partial charge in [-0.05, 0) is 12.1 Å². The van der Waals surface area contributed by atoms with Crippen molar-refractivity contribution in [2.75, 3.05) is 32.6 Å². The molecule has 0 radical (unpaired) electrons. The summed E-state index contributed by atoms with van der Waals surface area (Å²) < 4.78 is 7.06. The summed E-state index contributed by atoms with van der Waals surface area (Å²) in [5, 5.41) is 22.6. The van der Waals surface area contributed by atoms with E-state index in [4.69, 9.17) is 9.84 Å². The molecule has 0 aliphatic carbocycles. The predicted octanol–water partition coefficient (Wildman–Crippen LogP) is 0.516. The van der Waals surface area contributed by atoms with Gasteiger partial charge in [-0.3, -0.25) is 0 Å². The largest absolute Gasteiger partial charge is 0.394 e. The molecule has 7 heteroatoms. The van der Waals surface area contributed by atoms with Crippen LogP contribution in [0.1, 0.15) is 5.69 Å². The second kappa shape index (κ2) is 8.35. The number of aliphatic hydroxyl groups is 2. The smallest absolute Gasteiger partial charge is 0.138 e. The molecule has 2 rings (SSSR count). The zero-order valence-electron chi connectivity index (χ0n) is 12.0. The van der Waals surface area contributed by atoms with Crippen LogP contribution < -0.4 is 5.32 Å². The van der Waals surface area contributed by atoms with Crippen molar-refractivity contribution in [3.05, 3.63) is 30.1 Å². The van der Waals surface area contributed by atoms with Crippen LogP contribution in [0.4, 0.5) is 0 Å². The van der Waals surface area contributed by atoms with Gasteiger partial charge in [0.25, 0.3) is 0 Å². The van der Waals surface area contributed by atoms with Gasteiger partial charge >= 0.3 is 0 Å². The molecule has 0 bridgehead atoms. The number of aromatic nitrogens is 2. The number of hydrogen-bond donors (Lipinski definition) is 3. The number of pyridine rings is 1. The second-order valence-electron chi connectivity index (χ2n) is 4.61. The third-order valence-electron chi connectivity index (χ3n) is 2.99. The summed E-state index contributed by atoms with van der Waals surface area (Å²) >= 11 is 1.46. The van der Waals surface area contributed by atoms with E-state index in [1.54, 1.807) is 7.11 Å². The molecule has 1 unspecified atom stereocenters. The van der Waals surface area contributed by atoms with Crippen molar-refractivity contribution < 1.29 is 14.9 Å². The summed E-state index contributed by atoms with van der Waals surface area (Å²) in [5.41, 5.74) is 1.93. The number of rotatable bonds is 9. The molecule has 0 aliphatic heterocycles. The minimum absolute atomic E-state index is 0.234. The fraction of sp³-hybridized carbons (Fsp3) is 0.500. The normalized spacial score (nSPS) is 12.9. The quantitative estimate of drug-likeness (QED) is 0.463. The van der Waals surface area contributed by atoms with Crippen LogP contribution in [0.25, 0.3) is 5.65 Å². The van der Waals surface area contributed by atoms with Crippen molar-refractivity contribution in [1.82, 2.24) is 14.7 Å². The lowest BCUT2D eigenvalue weighted by molar-refractivity contribution is 0.113. The Bertz CT molecular complexity index is 561. The van der Waals surface area contributed by atoms with E-state index in [1.165, 1.54) is 11.8 Å². The molecule has 0 saturated carbocycles. The van der Waals surface area contributed by atoms with Gasteiger partial charge in [0.15, 0.2) is 0 Å². The second-order valence-corrected chi connectivity index (χ2v) is 5.62. The molecule has 2 aromatic rings. The van der Waals surface area contributed by atoms with Gasteiger partial charge < -0.3 is 24.7 Å². The third kappa shape index (κ3) is 4.42. The molecule has 0 aromatic carbocycles. The molecule has 0 amide bonds. The first-order chi connectivity index (χ1) is 10.3. The lowest BCUT2D eigenvalue weighted by atomic mass is 10.4. The maximum atomic E-state index is 9.49. The van der Waals surface area contributed by atoms with Crippen LogP contribution in [-0.2, 0) is 11.3 Å². The Morgan fingerprint density at radius 3 is 3.10 bits per heavy atom. The SMILES string of the molecule is COCCNCc1c(SCC(O)CO)nc2ccccn12. The fourth-order valence-electron chi connectivity index (χ4n) is 1.91. The molecule has 0 saturated heterocycles. The Morgan fingerprint density at radius 2 is 2.33 bits per heavy atom. The Labute approximate surface area is 128 Å². The van der Waals surface area contributed by atoms with Gasteiger partial charge in [0.2, 0.25) is 0 Å². The van der Waals surface area contributed by atoms with Crippen LogP contribution in [-0.4, -0.2) is 58.3 Å². The zero-order valence-corrected chi connectivity index (χ0v) is 12.8. The van der Waals surface area contributed by atoms with Gasteiger partial charge in [0.05, 0.1) is 25.0 Å².